The average Bonchev–Trinajstić information content (AvgIpc) is 3.91. The summed E-state index contributed by atoms with van der Waals surface area (Å²) in [4.78, 5) is 38.9. The van der Waals surface area contributed by atoms with E-state index in [1.807, 2.05) is 47.5 Å². The van der Waals surface area contributed by atoms with Crippen molar-refractivity contribution in [3.05, 3.63) is 93.8 Å². The predicted octanol–water partition coefficient (Wildman–Crippen LogP) is 4.94. The van der Waals surface area contributed by atoms with Crippen molar-refractivity contribution in [2.75, 3.05) is 19.7 Å². The Morgan fingerprint density at radius 2 is 2.04 bits per heavy atom. The van der Waals surface area contributed by atoms with Gasteiger partial charge in [-0.2, -0.15) is 0 Å². The molecule has 2 aliphatic rings. The van der Waals surface area contributed by atoms with E-state index in [2.05, 4.69) is 27.5 Å². The minimum absolute atomic E-state index is 0.0152. The zero-order valence-electron chi connectivity index (χ0n) is 26.2. The van der Waals surface area contributed by atoms with Gasteiger partial charge in [0.25, 0.3) is 11.8 Å². The van der Waals surface area contributed by atoms with Gasteiger partial charge >= 0.3 is 0 Å². The smallest absolute Gasteiger partial charge is 0.254 e. The third-order valence-corrected chi connectivity index (χ3v) is 9.74. The summed E-state index contributed by atoms with van der Waals surface area (Å²) >= 11 is 1.57. The number of aliphatic hydroxyl groups is 1. The lowest BCUT2D eigenvalue weighted by Gasteiger charge is -2.29. The molecule has 0 saturated carbocycles. The molecular formula is C35H41N5O5S. The largest absolute Gasteiger partial charge is 0.445 e. The molecule has 0 bridgehead atoms. The molecule has 1 unspecified atom stereocenters. The van der Waals surface area contributed by atoms with Crippen molar-refractivity contribution in [2.45, 2.75) is 76.3 Å². The van der Waals surface area contributed by atoms with E-state index in [1.165, 1.54) is 12.5 Å². The molecular weight excluding hydrogens is 602 g/mol. The molecule has 0 radical (unpaired) electrons. The van der Waals surface area contributed by atoms with E-state index in [9.17, 15) is 14.7 Å². The van der Waals surface area contributed by atoms with Crippen LogP contribution in [0.4, 0.5) is 0 Å². The summed E-state index contributed by atoms with van der Waals surface area (Å²) in [6, 6.07) is 13.9. The lowest BCUT2D eigenvalue weighted by Crippen LogP contribution is -2.52. The van der Waals surface area contributed by atoms with Gasteiger partial charge in [0.15, 0.2) is 0 Å². The fourth-order valence-corrected chi connectivity index (χ4v) is 7.33. The van der Waals surface area contributed by atoms with Crippen molar-refractivity contribution in [3.63, 3.8) is 0 Å². The third kappa shape index (κ3) is 7.39. The van der Waals surface area contributed by atoms with Gasteiger partial charge in [-0.05, 0) is 62.8 Å². The lowest BCUT2D eigenvalue weighted by molar-refractivity contribution is 0.0514. The van der Waals surface area contributed by atoms with Crippen molar-refractivity contribution in [3.8, 4) is 11.5 Å². The van der Waals surface area contributed by atoms with Gasteiger partial charge in [-0.1, -0.05) is 37.3 Å². The first kappa shape index (κ1) is 32.1. The van der Waals surface area contributed by atoms with Crippen LogP contribution in [0.1, 0.15) is 75.6 Å². The normalized spacial score (nSPS) is 20.9. The monoisotopic (exact) mass is 643 g/mol. The lowest BCUT2D eigenvalue weighted by atomic mass is 9.94. The standard InChI is InChI=1S/C35H41N5O5S/c1-3-13-44-27-19-28(37-20-27)31(41)29(15-23-8-5-4-6-9-23)39-32(42)24-16-25(33-36-11-14-45-33)18-26(17-24)35(43)40-12-7-10-30(40)34-38-22(2)21-46-34/h4-6,8-9,11,14,16-18,21,27-31,37,41H,3,7,10,12-13,15,19-20H2,1-2H3,(H,39,42)/t27-,28-,29?,30-,31-/m1/s1. The Morgan fingerprint density at radius 1 is 1.22 bits per heavy atom. The van der Waals surface area contributed by atoms with E-state index in [0.29, 0.717) is 49.6 Å². The van der Waals surface area contributed by atoms with Gasteiger partial charge in [-0.15, -0.1) is 11.3 Å². The molecule has 0 aliphatic carbocycles. The van der Waals surface area contributed by atoms with Crippen LogP contribution in [0.15, 0.2) is 70.8 Å². The van der Waals surface area contributed by atoms with Crippen LogP contribution in [0.3, 0.4) is 0 Å². The molecule has 11 heteroatoms. The first-order chi connectivity index (χ1) is 22.4. The maximum Gasteiger partial charge on any atom is 0.254 e. The summed E-state index contributed by atoms with van der Waals surface area (Å²) in [6.45, 7) is 5.95. The molecule has 5 atom stereocenters. The second kappa shape index (κ2) is 14.7. The Bertz CT molecular complexity index is 1610. The predicted molar refractivity (Wildman–Crippen MR) is 176 cm³/mol. The van der Waals surface area contributed by atoms with E-state index < -0.39 is 18.1 Å². The number of carbonyl (C=O) groups excluding carboxylic acids is 2. The Labute approximate surface area is 273 Å². The molecule has 3 N–H and O–H groups in total. The summed E-state index contributed by atoms with van der Waals surface area (Å²) in [5, 5.41) is 21.0. The van der Waals surface area contributed by atoms with Crippen molar-refractivity contribution in [1.82, 2.24) is 25.5 Å². The van der Waals surface area contributed by atoms with Crippen LogP contribution in [0.2, 0.25) is 0 Å². The van der Waals surface area contributed by atoms with Crippen molar-refractivity contribution in [1.29, 1.82) is 0 Å². The average molecular weight is 644 g/mol. The third-order valence-electron chi connectivity index (χ3n) is 8.68. The minimum atomic E-state index is -0.873. The highest BCUT2D eigenvalue weighted by molar-refractivity contribution is 7.09. The summed E-state index contributed by atoms with van der Waals surface area (Å²) in [5.41, 5.74) is 3.11. The van der Waals surface area contributed by atoms with Crippen molar-refractivity contribution < 1.29 is 23.8 Å². The van der Waals surface area contributed by atoms with E-state index in [1.54, 1.807) is 29.5 Å². The van der Waals surface area contributed by atoms with Crippen LogP contribution in [-0.4, -0.2) is 75.8 Å². The molecule has 2 aromatic carbocycles. The number of rotatable bonds is 12. The number of nitrogens with one attached hydrogen (secondary N) is 2. The molecule has 2 aliphatic heterocycles. The number of aromatic nitrogens is 2. The van der Waals surface area contributed by atoms with Crippen LogP contribution in [0.5, 0.6) is 0 Å². The molecule has 6 rings (SSSR count). The zero-order valence-corrected chi connectivity index (χ0v) is 27.0. The van der Waals surface area contributed by atoms with Gasteiger partial charge in [0.2, 0.25) is 5.89 Å². The van der Waals surface area contributed by atoms with Gasteiger partial charge < -0.3 is 29.8 Å². The highest BCUT2D eigenvalue weighted by Gasteiger charge is 2.36. The van der Waals surface area contributed by atoms with E-state index in [-0.39, 0.29) is 29.7 Å². The summed E-state index contributed by atoms with van der Waals surface area (Å²) in [7, 11) is 0. The summed E-state index contributed by atoms with van der Waals surface area (Å²) in [6.07, 6.45) is 5.85. The summed E-state index contributed by atoms with van der Waals surface area (Å²) in [5.74, 6) is -0.258. The van der Waals surface area contributed by atoms with Gasteiger partial charge in [0.1, 0.15) is 11.3 Å². The number of hydrogen-bond acceptors (Lipinski definition) is 9. The number of likely N-dealkylation sites (tertiary alicyclic amines) is 1. The Kier molecular flexibility index (Phi) is 10.2. The molecule has 242 valence electrons. The van der Waals surface area contributed by atoms with E-state index in [0.717, 1.165) is 35.5 Å². The number of aryl methyl sites for hydroxylation is 1. The number of amides is 2. The fourth-order valence-electron chi connectivity index (χ4n) is 6.39. The highest BCUT2D eigenvalue weighted by Crippen LogP contribution is 2.35. The first-order valence-corrected chi connectivity index (χ1v) is 16.9. The second-order valence-electron chi connectivity index (χ2n) is 12.1. The zero-order chi connectivity index (χ0) is 32.0. The number of thiazole rings is 1. The SMILES string of the molecule is CCCO[C@H]1CN[C@@H]([C@@H](O)C(Cc2ccccc2)NC(=O)c2cc(C(=O)N3CCC[C@@H]3c3nc(C)cs3)cc(-c3ncco3)c2)C1. The molecule has 46 heavy (non-hydrogen) atoms. The van der Waals surface area contributed by atoms with Gasteiger partial charge in [0, 0.05) is 53.5 Å². The number of carbonyl (C=O) groups is 2. The van der Waals surface area contributed by atoms with Crippen molar-refractivity contribution in [2.24, 2.45) is 0 Å². The number of ether oxygens (including phenoxy) is 1. The van der Waals surface area contributed by atoms with Crippen LogP contribution < -0.4 is 10.6 Å². The highest BCUT2D eigenvalue weighted by atomic mass is 32.1. The quantitative estimate of drug-likeness (QED) is 0.198. The maximum absolute atomic E-state index is 14.0. The Balaban J connectivity index is 1.27. The molecule has 10 nitrogen and oxygen atoms in total. The van der Waals surface area contributed by atoms with E-state index in [4.69, 9.17) is 9.15 Å². The van der Waals surface area contributed by atoms with Gasteiger partial charge in [0.05, 0.1) is 30.5 Å². The molecule has 2 amide bonds. The van der Waals surface area contributed by atoms with Crippen LogP contribution >= 0.6 is 11.3 Å². The maximum atomic E-state index is 14.0. The number of benzene rings is 2. The number of nitrogens with zero attached hydrogens (tertiary/aromatic N) is 3. The first-order valence-electron chi connectivity index (χ1n) is 16.1. The topological polar surface area (TPSA) is 130 Å². The molecule has 0 spiro atoms. The number of oxazole rings is 1. The molecule has 2 aromatic heterocycles. The molecule has 4 aromatic rings. The second-order valence-corrected chi connectivity index (χ2v) is 13.0. The number of hydrogen-bond donors (Lipinski definition) is 3. The van der Waals surface area contributed by atoms with Crippen LogP contribution in [0.25, 0.3) is 11.5 Å². The van der Waals surface area contributed by atoms with Gasteiger partial charge in [-0.25, -0.2) is 9.97 Å². The summed E-state index contributed by atoms with van der Waals surface area (Å²) < 4.78 is 11.5. The number of aliphatic hydroxyl groups excluding tert-OH is 1. The minimum Gasteiger partial charge on any atom is -0.445 e. The fraction of sp³-hybridized carbons (Fsp3) is 0.429. The van der Waals surface area contributed by atoms with Crippen LogP contribution in [-0.2, 0) is 11.2 Å². The van der Waals surface area contributed by atoms with Gasteiger partial charge in [-0.3, -0.25) is 9.59 Å². The molecule has 2 saturated heterocycles. The Morgan fingerprint density at radius 3 is 2.78 bits per heavy atom. The molecule has 2 fully saturated rings. The molecule has 4 heterocycles. The van der Waals surface area contributed by atoms with E-state index >= 15 is 0 Å². The van der Waals surface area contributed by atoms with Crippen LogP contribution in [0, 0.1) is 6.92 Å². The van der Waals surface area contributed by atoms with Crippen molar-refractivity contribution >= 4 is 23.2 Å². The Hall–Kier alpha value is -3.90.